The van der Waals surface area contributed by atoms with Gasteiger partial charge in [0.1, 0.15) is 11.6 Å². The van der Waals surface area contributed by atoms with E-state index in [1.165, 1.54) is 12.1 Å². The highest BCUT2D eigenvalue weighted by atomic mass is 79.9. The summed E-state index contributed by atoms with van der Waals surface area (Å²) in [5.74, 6) is -1.06. The molecule has 2 nitrogen and oxygen atoms in total. The van der Waals surface area contributed by atoms with Crippen LogP contribution in [0.3, 0.4) is 0 Å². The Labute approximate surface area is 131 Å². The van der Waals surface area contributed by atoms with Crippen molar-refractivity contribution in [3.8, 4) is 0 Å². The third-order valence-corrected chi connectivity index (χ3v) is 4.21. The molecule has 0 amide bonds. The maximum Gasteiger partial charge on any atom is 0.143 e. The van der Waals surface area contributed by atoms with Crippen LogP contribution in [-0.2, 0) is 12.8 Å². The smallest absolute Gasteiger partial charge is 0.143 e. The van der Waals surface area contributed by atoms with Gasteiger partial charge >= 0.3 is 0 Å². The average molecular weight is 355 g/mol. The molecular weight excluding hydrogens is 338 g/mol. The Hall–Kier alpha value is -1.33. The highest BCUT2D eigenvalue weighted by Gasteiger charge is 2.19. The molecule has 1 atom stereocenters. The molecule has 21 heavy (non-hydrogen) atoms. The molecule has 0 radical (unpaired) electrons. The number of pyridine rings is 1. The fourth-order valence-corrected chi connectivity index (χ4v) is 2.77. The first kappa shape index (κ1) is 16.0. The van der Waals surface area contributed by atoms with Crippen molar-refractivity contribution in [1.82, 2.24) is 10.3 Å². The van der Waals surface area contributed by atoms with Gasteiger partial charge in [0.25, 0.3) is 0 Å². The molecule has 1 N–H and O–H groups in total. The van der Waals surface area contributed by atoms with E-state index in [1.807, 2.05) is 13.0 Å². The second-order valence-electron chi connectivity index (χ2n) is 4.80. The van der Waals surface area contributed by atoms with Gasteiger partial charge in [-0.3, -0.25) is 4.98 Å². The number of benzene rings is 1. The van der Waals surface area contributed by atoms with Crippen LogP contribution in [0.15, 0.2) is 35.1 Å². The molecule has 0 saturated carbocycles. The number of halogens is 3. The van der Waals surface area contributed by atoms with E-state index in [0.717, 1.165) is 17.5 Å². The first-order valence-corrected chi connectivity index (χ1v) is 7.60. The van der Waals surface area contributed by atoms with Gasteiger partial charge in [0.15, 0.2) is 0 Å². The number of likely N-dealkylation sites (N-methyl/N-ethyl adjacent to an activating group) is 1. The molecule has 2 rings (SSSR count). The Morgan fingerprint density at radius 2 is 2.05 bits per heavy atom. The summed E-state index contributed by atoms with van der Waals surface area (Å²) in [7, 11) is 1.79. The predicted molar refractivity (Wildman–Crippen MR) is 83.2 cm³/mol. The monoisotopic (exact) mass is 354 g/mol. The molecule has 0 fully saturated rings. The van der Waals surface area contributed by atoms with Gasteiger partial charge < -0.3 is 5.32 Å². The number of hydrogen-bond donors (Lipinski definition) is 1. The minimum Gasteiger partial charge on any atom is -0.313 e. The van der Waals surface area contributed by atoms with Crippen molar-refractivity contribution in [3.63, 3.8) is 0 Å². The number of aryl methyl sites for hydroxylation is 1. The van der Waals surface area contributed by atoms with Gasteiger partial charge in [-0.05, 0) is 65.1 Å². The Kier molecular flexibility index (Phi) is 5.42. The standard InChI is InChI=1S/C16H17BrF2N2/c1-3-10-9-21-7-6-11(10)15(20-2)8-12-14(18)5-4-13(17)16(12)19/h4-7,9,15,20H,3,8H2,1-2H3. The molecule has 1 heterocycles. The maximum absolute atomic E-state index is 14.1. The van der Waals surface area contributed by atoms with Crippen LogP contribution >= 0.6 is 15.9 Å². The zero-order chi connectivity index (χ0) is 15.4. The lowest BCUT2D eigenvalue weighted by molar-refractivity contribution is 0.511. The number of nitrogens with one attached hydrogen (secondary N) is 1. The lowest BCUT2D eigenvalue weighted by atomic mass is 9.95. The van der Waals surface area contributed by atoms with Gasteiger partial charge in [-0.25, -0.2) is 8.78 Å². The van der Waals surface area contributed by atoms with Crippen molar-refractivity contribution < 1.29 is 8.78 Å². The molecule has 5 heteroatoms. The van der Waals surface area contributed by atoms with Crippen LogP contribution in [0.1, 0.15) is 29.7 Å². The van der Waals surface area contributed by atoms with E-state index in [2.05, 4.69) is 26.2 Å². The Bertz CT molecular complexity index is 632. The molecular formula is C16H17BrF2N2. The molecule has 0 bridgehead atoms. The number of nitrogens with zero attached hydrogens (tertiary/aromatic N) is 1. The van der Waals surface area contributed by atoms with Crippen molar-refractivity contribution in [2.24, 2.45) is 0 Å². The minimum atomic E-state index is -0.539. The van der Waals surface area contributed by atoms with Gasteiger partial charge in [-0.15, -0.1) is 0 Å². The third-order valence-electron chi connectivity index (χ3n) is 3.59. The lowest BCUT2D eigenvalue weighted by Crippen LogP contribution is -2.21. The van der Waals surface area contributed by atoms with Crippen LogP contribution in [0, 0.1) is 11.6 Å². The molecule has 0 aliphatic heterocycles. The van der Waals surface area contributed by atoms with Crippen LogP contribution in [0.4, 0.5) is 8.78 Å². The van der Waals surface area contributed by atoms with Crippen LogP contribution in [0.5, 0.6) is 0 Å². The van der Waals surface area contributed by atoms with Crippen LogP contribution < -0.4 is 5.32 Å². The second kappa shape index (κ2) is 7.09. The van der Waals surface area contributed by atoms with Crippen LogP contribution in [0.2, 0.25) is 0 Å². The van der Waals surface area contributed by atoms with E-state index in [9.17, 15) is 8.78 Å². The summed E-state index contributed by atoms with van der Waals surface area (Å²) in [6.45, 7) is 2.04. The minimum absolute atomic E-state index is 0.0857. The summed E-state index contributed by atoms with van der Waals surface area (Å²) >= 11 is 3.10. The van der Waals surface area contributed by atoms with E-state index in [1.54, 1.807) is 19.4 Å². The Balaban J connectivity index is 2.38. The topological polar surface area (TPSA) is 24.9 Å². The van der Waals surface area contributed by atoms with Gasteiger partial charge in [-0.1, -0.05) is 6.92 Å². The average Bonchev–Trinajstić information content (AvgIpc) is 2.51. The highest BCUT2D eigenvalue weighted by Crippen LogP contribution is 2.27. The van der Waals surface area contributed by atoms with E-state index >= 15 is 0 Å². The third kappa shape index (κ3) is 3.47. The summed E-state index contributed by atoms with van der Waals surface area (Å²) in [6, 6.07) is 4.39. The molecule has 1 aromatic carbocycles. The highest BCUT2D eigenvalue weighted by molar-refractivity contribution is 9.10. The fraction of sp³-hybridized carbons (Fsp3) is 0.312. The van der Waals surface area contributed by atoms with Crippen molar-refractivity contribution in [2.75, 3.05) is 7.05 Å². The molecule has 0 aliphatic carbocycles. The normalized spacial score (nSPS) is 12.4. The summed E-state index contributed by atoms with van der Waals surface area (Å²) < 4.78 is 28.3. The van der Waals surface area contributed by atoms with Gasteiger partial charge in [-0.2, -0.15) is 0 Å². The van der Waals surface area contributed by atoms with E-state index in [4.69, 9.17) is 0 Å². The van der Waals surface area contributed by atoms with E-state index in [0.29, 0.717) is 0 Å². The SMILES string of the molecule is CCc1cnccc1C(Cc1c(F)ccc(Br)c1F)NC. The fourth-order valence-electron chi connectivity index (χ4n) is 2.40. The molecule has 2 aromatic rings. The first-order chi connectivity index (χ1) is 10.1. The molecule has 0 saturated heterocycles. The zero-order valence-electron chi connectivity index (χ0n) is 12.0. The number of aromatic nitrogens is 1. The summed E-state index contributed by atoms with van der Waals surface area (Å²) in [6.07, 6.45) is 4.56. The van der Waals surface area contributed by atoms with Crippen molar-refractivity contribution in [1.29, 1.82) is 0 Å². The molecule has 0 spiro atoms. The second-order valence-corrected chi connectivity index (χ2v) is 5.65. The quantitative estimate of drug-likeness (QED) is 0.814. The zero-order valence-corrected chi connectivity index (χ0v) is 13.5. The number of hydrogen-bond acceptors (Lipinski definition) is 2. The molecule has 0 aliphatic rings. The molecule has 112 valence electrons. The largest absolute Gasteiger partial charge is 0.313 e. The van der Waals surface area contributed by atoms with Crippen molar-refractivity contribution in [2.45, 2.75) is 25.8 Å². The maximum atomic E-state index is 14.1. The van der Waals surface area contributed by atoms with Crippen molar-refractivity contribution >= 4 is 15.9 Å². The Morgan fingerprint density at radius 1 is 1.29 bits per heavy atom. The van der Waals surface area contributed by atoms with E-state index in [-0.39, 0.29) is 22.5 Å². The number of rotatable bonds is 5. The van der Waals surface area contributed by atoms with Crippen molar-refractivity contribution in [3.05, 3.63) is 63.4 Å². The van der Waals surface area contributed by atoms with Crippen LogP contribution in [-0.4, -0.2) is 12.0 Å². The summed E-state index contributed by atoms with van der Waals surface area (Å²) in [5, 5.41) is 3.14. The first-order valence-electron chi connectivity index (χ1n) is 6.80. The van der Waals surface area contributed by atoms with Crippen LogP contribution in [0.25, 0.3) is 0 Å². The van der Waals surface area contributed by atoms with E-state index < -0.39 is 11.6 Å². The summed E-state index contributed by atoms with van der Waals surface area (Å²) in [5.41, 5.74) is 2.18. The lowest BCUT2D eigenvalue weighted by Gasteiger charge is -2.20. The summed E-state index contributed by atoms with van der Waals surface area (Å²) in [4.78, 5) is 4.11. The van der Waals surface area contributed by atoms with Gasteiger partial charge in [0.2, 0.25) is 0 Å². The molecule has 1 aromatic heterocycles. The Morgan fingerprint density at radius 3 is 2.71 bits per heavy atom. The molecule has 1 unspecified atom stereocenters. The predicted octanol–water partition coefficient (Wildman–Crippen LogP) is 4.19. The van der Waals surface area contributed by atoms with Gasteiger partial charge in [0.05, 0.1) is 4.47 Å². The van der Waals surface area contributed by atoms with Gasteiger partial charge in [0, 0.05) is 24.0 Å².